The van der Waals surface area contributed by atoms with E-state index in [4.69, 9.17) is 11.6 Å². The average molecular weight is 587 g/mol. The highest BCUT2D eigenvalue weighted by atomic mass is 35.5. The van der Waals surface area contributed by atoms with E-state index in [1.165, 1.54) is 10.6 Å². The van der Waals surface area contributed by atoms with Gasteiger partial charge in [-0.05, 0) is 66.4 Å². The summed E-state index contributed by atoms with van der Waals surface area (Å²) in [6.07, 6.45) is 1.68. The highest BCUT2D eigenvalue weighted by Gasteiger charge is 2.46. The maximum Gasteiger partial charge on any atom is 0.282 e. The van der Waals surface area contributed by atoms with Gasteiger partial charge >= 0.3 is 0 Å². The molecule has 2 amide bonds. The first kappa shape index (κ1) is 30.1. The number of nitrogens with zero attached hydrogens (tertiary/aromatic N) is 3. The maximum absolute atomic E-state index is 13.5. The third kappa shape index (κ3) is 7.28. The van der Waals surface area contributed by atoms with Gasteiger partial charge in [0.25, 0.3) is 23.3 Å². The van der Waals surface area contributed by atoms with Crippen LogP contribution in [0.5, 0.6) is 0 Å². The van der Waals surface area contributed by atoms with Gasteiger partial charge in [0.15, 0.2) is 0 Å². The number of pyridine rings is 2. The van der Waals surface area contributed by atoms with Crippen molar-refractivity contribution < 1.29 is 18.4 Å². The number of likely N-dealkylation sites (tertiary alicyclic amines) is 1. The Labute approximate surface area is 241 Å². The number of halogens is 3. The molecule has 0 bridgehead atoms. The summed E-state index contributed by atoms with van der Waals surface area (Å²) in [7, 11) is 1.58. The Morgan fingerprint density at radius 3 is 2.46 bits per heavy atom. The first-order valence-electron chi connectivity index (χ1n) is 13.3. The minimum atomic E-state index is -2.92. The van der Waals surface area contributed by atoms with Crippen LogP contribution in [0.2, 0.25) is 5.02 Å². The molecule has 1 aliphatic rings. The molecular formula is C29H33ClF2N6O3. The molecule has 4 rings (SSSR count). The smallest absolute Gasteiger partial charge is 0.282 e. The molecule has 0 saturated carbocycles. The van der Waals surface area contributed by atoms with E-state index in [9.17, 15) is 23.2 Å². The number of carbonyl (C=O) groups excluding carboxylic acids is 2. The van der Waals surface area contributed by atoms with Crippen molar-refractivity contribution in [2.45, 2.75) is 33.2 Å². The molecule has 0 unspecified atom stereocenters. The van der Waals surface area contributed by atoms with Crippen molar-refractivity contribution in [3.63, 3.8) is 0 Å². The summed E-state index contributed by atoms with van der Waals surface area (Å²) in [5, 5.41) is 9.38. The molecule has 2 aromatic heterocycles. The highest BCUT2D eigenvalue weighted by Crippen LogP contribution is 2.34. The summed E-state index contributed by atoms with van der Waals surface area (Å²) in [6, 6.07) is 9.44. The molecule has 1 saturated heterocycles. The summed E-state index contributed by atoms with van der Waals surface area (Å²) >= 11 is 6.17. The highest BCUT2D eigenvalue weighted by molar-refractivity contribution is 6.31. The van der Waals surface area contributed by atoms with Crippen molar-refractivity contribution in [3.05, 3.63) is 74.7 Å². The zero-order chi connectivity index (χ0) is 29.9. The predicted octanol–water partition coefficient (Wildman–Crippen LogP) is 4.62. The van der Waals surface area contributed by atoms with E-state index in [0.717, 1.165) is 17.0 Å². The van der Waals surface area contributed by atoms with Gasteiger partial charge < -0.3 is 25.4 Å². The zero-order valence-electron chi connectivity index (χ0n) is 23.4. The van der Waals surface area contributed by atoms with Crippen LogP contribution in [0.3, 0.4) is 0 Å². The van der Waals surface area contributed by atoms with Crippen LogP contribution in [0.15, 0.2) is 47.4 Å². The molecule has 1 aliphatic heterocycles. The minimum absolute atomic E-state index is 0.0466. The van der Waals surface area contributed by atoms with Crippen molar-refractivity contribution in [1.29, 1.82) is 0 Å². The first-order valence-corrected chi connectivity index (χ1v) is 13.7. The number of nitrogens with one attached hydrogen (secondary N) is 3. The Balaban J connectivity index is 1.67. The maximum atomic E-state index is 13.5. The third-order valence-corrected chi connectivity index (χ3v) is 6.68. The van der Waals surface area contributed by atoms with Gasteiger partial charge in [-0.1, -0.05) is 31.5 Å². The Hall–Kier alpha value is -3.83. The van der Waals surface area contributed by atoms with Crippen LogP contribution < -0.4 is 21.5 Å². The lowest BCUT2D eigenvalue weighted by molar-refractivity contribution is -0.113. The van der Waals surface area contributed by atoms with Crippen LogP contribution in [-0.4, -0.2) is 58.4 Å². The zero-order valence-corrected chi connectivity index (χ0v) is 24.1. The molecular weight excluding hydrogens is 554 g/mol. The summed E-state index contributed by atoms with van der Waals surface area (Å²) in [5.41, 5.74) is 1.34. The van der Waals surface area contributed by atoms with E-state index in [2.05, 4.69) is 34.8 Å². The van der Waals surface area contributed by atoms with Crippen LogP contribution in [0.4, 0.5) is 20.4 Å². The number of alkyl halides is 2. The molecule has 218 valence electrons. The summed E-state index contributed by atoms with van der Waals surface area (Å²) < 4.78 is 28.3. The molecule has 12 heteroatoms. The van der Waals surface area contributed by atoms with E-state index in [-0.39, 0.29) is 22.0 Å². The number of anilines is 2. The molecule has 9 nitrogen and oxygen atoms in total. The quantitative estimate of drug-likeness (QED) is 0.320. The van der Waals surface area contributed by atoms with Crippen molar-refractivity contribution in [2.24, 2.45) is 13.0 Å². The molecule has 3 aromatic rings. The van der Waals surface area contributed by atoms with Crippen LogP contribution in [-0.2, 0) is 13.6 Å². The molecule has 0 aliphatic carbocycles. The largest absolute Gasteiger partial charge is 0.370 e. The van der Waals surface area contributed by atoms with E-state index >= 15 is 0 Å². The number of hydrogen-bond acceptors (Lipinski definition) is 6. The third-order valence-electron chi connectivity index (χ3n) is 6.45. The second kappa shape index (κ2) is 12.4. The number of carbonyl (C=O) groups is 2. The Kier molecular flexibility index (Phi) is 9.08. The second-order valence-corrected chi connectivity index (χ2v) is 11.0. The van der Waals surface area contributed by atoms with Gasteiger partial charge in [0.1, 0.15) is 17.2 Å². The van der Waals surface area contributed by atoms with E-state index in [0.29, 0.717) is 36.0 Å². The van der Waals surface area contributed by atoms with Crippen molar-refractivity contribution in [2.75, 3.05) is 36.8 Å². The predicted molar refractivity (Wildman–Crippen MR) is 156 cm³/mol. The van der Waals surface area contributed by atoms with Gasteiger partial charge in [-0.15, -0.1) is 0 Å². The number of rotatable bonds is 10. The fourth-order valence-electron chi connectivity index (χ4n) is 4.52. The van der Waals surface area contributed by atoms with Gasteiger partial charge in [0.05, 0.1) is 13.1 Å². The Bertz CT molecular complexity index is 1520. The average Bonchev–Trinajstić information content (AvgIpc) is 2.88. The van der Waals surface area contributed by atoms with Gasteiger partial charge in [-0.3, -0.25) is 14.4 Å². The second-order valence-electron chi connectivity index (χ2n) is 10.5. The Morgan fingerprint density at radius 2 is 1.80 bits per heavy atom. The fourth-order valence-corrected chi connectivity index (χ4v) is 4.70. The lowest BCUT2D eigenvalue weighted by Gasteiger charge is -2.39. The molecule has 3 heterocycles. The number of aromatic nitrogens is 2. The monoisotopic (exact) mass is 586 g/mol. The molecule has 1 fully saturated rings. The number of hydrogen-bond donors (Lipinski definition) is 3. The lowest BCUT2D eigenvalue weighted by Crippen LogP contribution is -2.58. The molecule has 1 aromatic carbocycles. The van der Waals surface area contributed by atoms with Crippen LogP contribution in [0.25, 0.3) is 11.1 Å². The molecule has 3 N–H and O–H groups in total. The summed E-state index contributed by atoms with van der Waals surface area (Å²) in [6.45, 7) is 6.49. The SMILES string of the molecule is CCNc1cc(-c2ccc(Cl)cc2C(=O)N2CC(F)(F)C2)cc(NC(=O)c2cc(CNCC(C)C)cn(C)c2=O)n1. The van der Waals surface area contributed by atoms with Gasteiger partial charge in [0, 0.05) is 36.9 Å². The van der Waals surface area contributed by atoms with Gasteiger partial charge in [-0.2, -0.15) is 0 Å². The van der Waals surface area contributed by atoms with Gasteiger partial charge in [0.2, 0.25) is 0 Å². The van der Waals surface area contributed by atoms with Crippen LogP contribution in [0.1, 0.15) is 47.1 Å². The van der Waals surface area contributed by atoms with Crippen molar-refractivity contribution >= 4 is 35.1 Å². The number of benzene rings is 1. The topological polar surface area (TPSA) is 108 Å². The van der Waals surface area contributed by atoms with E-state index in [1.807, 2.05) is 6.92 Å². The number of aryl methyl sites for hydroxylation is 1. The van der Waals surface area contributed by atoms with Gasteiger partial charge in [-0.25, -0.2) is 13.8 Å². The normalized spacial score (nSPS) is 14.1. The summed E-state index contributed by atoms with van der Waals surface area (Å²) in [5.74, 6) is -3.15. The number of amides is 2. The van der Waals surface area contributed by atoms with E-state index in [1.54, 1.807) is 43.6 Å². The molecule has 0 radical (unpaired) electrons. The molecule has 41 heavy (non-hydrogen) atoms. The molecule has 0 atom stereocenters. The first-order chi connectivity index (χ1) is 19.4. The van der Waals surface area contributed by atoms with Crippen LogP contribution in [0, 0.1) is 5.92 Å². The van der Waals surface area contributed by atoms with Crippen LogP contribution >= 0.6 is 11.6 Å². The Morgan fingerprint density at radius 1 is 1.10 bits per heavy atom. The lowest BCUT2D eigenvalue weighted by atomic mass is 9.97. The van der Waals surface area contributed by atoms with Crippen molar-refractivity contribution in [3.8, 4) is 11.1 Å². The standard InChI is InChI=1S/C29H33ClF2N6O3/c1-5-34-24-9-19(21-7-6-20(30)11-22(21)28(41)38-15-29(31,32)16-38)10-25(35-24)36-26(39)23-8-18(13-33-12-17(2)3)14-37(4)27(23)40/h6-11,14,17,33H,5,12-13,15-16H2,1-4H3,(H2,34,35,36,39). The summed E-state index contributed by atoms with van der Waals surface area (Å²) in [4.78, 5) is 44.8. The molecule has 0 spiro atoms. The van der Waals surface area contributed by atoms with Crippen molar-refractivity contribution in [1.82, 2.24) is 19.8 Å². The minimum Gasteiger partial charge on any atom is -0.370 e. The van der Waals surface area contributed by atoms with E-state index < -0.39 is 36.4 Å². The fraction of sp³-hybridized carbons (Fsp3) is 0.379.